The van der Waals surface area contributed by atoms with Gasteiger partial charge < -0.3 is 28.7 Å². The van der Waals surface area contributed by atoms with Gasteiger partial charge in [0.15, 0.2) is 0 Å². The van der Waals surface area contributed by atoms with E-state index in [1.807, 2.05) is 61.8 Å². The van der Waals surface area contributed by atoms with Crippen molar-refractivity contribution >= 4 is 13.9 Å². The molecule has 0 aliphatic carbocycles. The normalized spacial score (nSPS) is 13.7. The molecule has 0 radical (unpaired) electrons. The van der Waals surface area contributed by atoms with Crippen LogP contribution in [0.1, 0.15) is 62.3 Å². The summed E-state index contributed by atoms with van der Waals surface area (Å²) in [4.78, 5) is 11.7. The van der Waals surface area contributed by atoms with Crippen molar-refractivity contribution in [2.75, 3.05) is 12.8 Å². The van der Waals surface area contributed by atoms with Crippen LogP contribution in [0.5, 0.6) is 0 Å². The van der Waals surface area contributed by atoms with Gasteiger partial charge in [0.25, 0.3) is 5.60 Å². The predicted octanol–water partition coefficient (Wildman–Crippen LogP) is -1.11. The van der Waals surface area contributed by atoms with Gasteiger partial charge in [-0.1, -0.05) is 0 Å². The molecule has 0 aliphatic heterocycles. The Morgan fingerprint density at radius 2 is 1.33 bits per heavy atom. The van der Waals surface area contributed by atoms with Crippen LogP contribution in [0.4, 0.5) is 13.2 Å². The second kappa shape index (κ2) is 14.9. The summed E-state index contributed by atoms with van der Waals surface area (Å²) in [5.74, 6) is -1.60. The smallest absolute Gasteiger partial charge is 1.00 e. The van der Waals surface area contributed by atoms with Crippen molar-refractivity contribution in [3.05, 3.63) is 6.42 Å². The summed E-state index contributed by atoms with van der Waals surface area (Å²) in [7, 11) is -1.75. The summed E-state index contributed by atoms with van der Waals surface area (Å²) >= 11 is 0. The van der Waals surface area contributed by atoms with Crippen molar-refractivity contribution in [3.63, 3.8) is 0 Å². The van der Waals surface area contributed by atoms with Crippen LogP contribution in [0.25, 0.3) is 0 Å². The zero-order valence-corrected chi connectivity index (χ0v) is 20.8. The summed E-state index contributed by atoms with van der Waals surface area (Å²) in [5, 5.41) is 9.25. The first-order valence-electron chi connectivity index (χ1n) is 8.06. The van der Waals surface area contributed by atoms with Gasteiger partial charge in [0, 0.05) is 24.4 Å². The van der Waals surface area contributed by atoms with Crippen LogP contribution in [0, 0.1) is 6.42 Å². The number of halogens is 4. The number of rotatable bonds is 4. The fourth-order valence-corrected chi connectivity index (χ4v) is 6.62. The van der Waals surface area contributed by atoms with Gasteiger partial charge in [-0.3, -0.25) is 0 Å². The van der Waals surface area contributed by atoms with Gasteiger partial charge in [0.1, 0.15) is 6.16 Å². The molecular formula is C17H34ClF3LiNiO3P. The number of aliphatic hydroxyl groups is 1. The maximum absolute atomic E-state index is 13.3. The van der Waals surface area contributed by atoms with Crippen LogP contribution in [0.2, 0.25) is 0 Å². The van der Waals surface area contributed by atoms with Crippen LogP contribution < -0.4 is 31.3 Å². The van der Waals surface area contributed by atoms with E-state index in [0.717, 1.165) is 0 Å². The number of ether oxygens (including phenoxy) is 1. The number of alkyl halides is 3. The molecule has 3 nitrogen and oxygen atoms in total. The third-order valence-corrected chi connectivity index (χ3v) is 7.81. The molecule has 0 aromatic heterocycles. The molecule has 0 rings (SSSR count). The molecule has 0 bridgehead atoms. The number of esters is 1. The van der Waals surface area contributed by atoms with Crippen LogP contribution in [0.15, 0.2) is 0 Å². The van der Waals surface area contributed by atoms with Crippen molar-refractivity contribution < 1.29 is 75.6 Å². The van der Waals surface area contributed by atoms with Gasteiger partial charge >= 0.3 is 31.0 Å². The van der Waals surface area contributed by atoms with E-state index in [1.165, 1.54) is 6.92 Å². The Morgan fingerprint density at radius 3 is 1.52 bits per heavy atom. The molecule has 0 fully saturated rings. The Hall–Kier alpha value is 1.03. The molecule has 0 saturated heterocycles. The number of hydrogen-bond donors (Lipinski definition) is 1. The first-order valence-corrected chi connectivity index (χ1v) is 9.76. The zero-order valence-electron chi connectivity index (χ0n) is 18.1. The maximum atomic E-state index is 13.3. The Bertz CT molecular complexity index is 388. The third-order valence-electron chi connectivity index (χ3n) is 3.33. The fourth-order valence-electron chi connectivity index (χ4n) is 2.45. The van der Waals surface area contributed by atoms with Crippen LogP contribution in [0.3, 0.4) is 0 Å². The molecule has 0 saturated carbocycles. The van der Waals surface area contributed by atoms with Crippen molar-refractivity contribution in [1.82, 2.24) is 0 Å². The molecule has 0 spiro atoms. The predicted molar refractivity (Wildman–Crippen MR) is 96.0 cm³/mol. The molecule has 0 amide bonds. The standard InChI is InChI=1S/C14H26F3O3P.C3H7.ClH.Li.Ni/c1-8-20-10(18)13(19,14(15,16)17)9-21(11(2,3)4)12(5,6)7;1-3-2;;;/h19H,8-9H2,1-7H3;3H,1-2H3;1H;;/q;-1;;+1;. The summed E-state index contributed by atoms with van der Waals surface area (Å²) in [6, 6.07) is 0. The van der Waals surface area contributed by atoms with Crippen molar-refractivity contribution in [2.24, 2.45) is 0 Å². The molecule has 0 aromatic carbocycles. The van der Waals surface area contributed by atoms with E-state index in [2.05, 4.69) is 4.74 Å². The quantitative estimate of drug-likeness (QED) is 0.243. The maximum Gasteiger partial charge on any atom is 1.00 e. The monoisotopic (exact) mass is 474 g/mol. The Morgan fingerprint density at radius 1 is 1.04 bits per heavy atom. The SMILES string of the molecule is CCOC(=O)C(O)(C[PH+](C(C)(C)C)C(C)(C)C)C(F)(F)F.C[CH-]C.[Cl-].[Li+].[Ni]. The van der Waals surface area contributed by atoms with Crippen LogP contribution >= 0.6 is 7.92 Å². The van der Waals surface area contributed by atoms with Gasteiger partial charge in [0.2, 0.25) is 0 Å². The average Bonchev–Trinajstić information content (AvgIpc) is 2.32. The molecule has 27 heavy (non-hydrogen) atoms. The third kappa shape index (κ3) is 13.0. The van der Waals surface area contributed by atoms with E-state index >= 15 is 0 Å². The molecule has 10 heteroatoms. The molecule has 0 heterocycles. The Kier molecular flexibility index (Phi) is 21.3. The van der Waals surface area contributed by atoms with Crippen LogP contribution in [-0.4, -0.2) is 45.9 Å². The van der Waals surface area contributed by atoms with Gasteiger partial charge in [-0.25, -0.2) is 4.79 Å². The Labute approximate surface area is 192 Å². The molecule has 1 unspecified atom stereocenters. The fraction of sp³-hybridized carbons (Fsp3) is 0.882. The molecule has 1 N–H and O–H groups in total. The largest absolute Gasteiger partial charge is 1.00 e. The van der Waals surface area contributed by atoms with E-state index < -0.39 is 42.1 Å². The molecular weight excluding hydrogens is 441 g/mol. The van der Waals surface area contributed by atoms with Gasteiger partial charge in [-0.15, -0.1) is 0 Å². The van der Waals surface area contributed by atoms with E-state index in [-0.39, 0.29) is 54.4 Å². The number of hydrogen-bond acceptors (Lipinski definition) is 3. The molecule has 1 atom stereocenters. The van der Waals surface area contributed by atoms with Crippen molar-refractivity contribution in [1.29, 1.82) is 0 Å². The molecule has 0 aromatic rings. The average molecular weight is 476 g/mol. The van der Waals surface area contributed by atoms with Gasteiger partial charge in [-0.2, -0.15) is 27.0 Å². The second-order valence-corrected chi connectivity index (χ2v) is 12.1. The van der Waals surface area contributed by atoms with Crippen molar-refractivity contribution in [3.8, 4) is 0 Å². The topological polar surface area (TPSA) is 46.5 Å². The molecule has 164 valence electrons. The van der Waals surface area contributed by atoms with E-state index in [9.17, 15) is 23.1 Å². The Balaban J connectivity index is -0.000000251. The second-order valence-electron chi connectivity index (χ2n) is 7.81. The summed E-state index contributed by atoms with van der Waals surface area (Å²) in [5.41, 5.74) is -3.43. The summed E-state index contributed by atoms with van der Waals surface area (Å²) in [6.45, 7) is 16.3. The first-order chi connectivity index (χ1) is 10.5. The summed E-state index contributed by atoms with van der Waals surface area (Å²) in [6.07, 6.45) is -3.67. The summed E-state index contributed by atoms with van der Waals surface area (Å²) < 4.78 is 44.3. The van der Waals surface area contributed by atoms with Gasteiger partial charge in [0.05, 0.1) is 16.9 Å². The van der Waals surface area contributed by atoms with E-state index in [4.69, 9.17) is 0 Å². The zero-order chi connectivity index (χ0) is 20.0. The van der Waals surface area contributed by atoms with Crippen molar-refractivity contribution in [2.45, 2.75) is 84.4 Å². The van der Waals surface area contributed by atoms with E-state index in [0.29, 0.717) is 0 Å². The van der Waals surface area contributed by atoms with Gasteiger partial charge in [-0.05, 0) is 48.5 Å². The van der Waals surface area contributed by atoms with E-state index in [1.54, 1.807) is 0 Å². The minimum atomic E-state index is -5.05. The minimum Gasteiger partial charge on any atom is -1.00 e. The van der Waals surface area contributed by atoms with Crippen LogP contribution in [-0.2, 0) is 26.0 Å². The first kappa shape index (κ1) is 38.6. The minimum absolute atomic E-state index is 0. The number of carbonyl (C=O) groups is 1. The number of carbonyl (C=O) groups excluding carboxylic acids is 1. The molecule has 0 aliphatic rings.